The fourth-order valence-corrected chi connectivity index (χ4v) is 3.95. The van der Waals surface area contributed by atoms with Gasteiger partial charge in [-0.3, -0.25) is 0 Å². The van der Waals surface area contributed by atoms with Crippen molar-refractivity contribution in [2.45, 2.75) is 18.7 Å². The minimum absolute atomic E-state index is 0.0609. The van der Waals surface area contributed by atoms with E-state index in [0.717, 1.165) is 5.75 Å². The summed E-state index contributed by atoms with van der Waals surface area (Å²) >= 11 is 1.61. The standard InChI is InChI=1S/C13H18N2O2S2/c1-11(9-18-3)15(2)19(16,17)10-13-7-5-4-6-12(13)8-14/h4-7,11H,9-10H2,1-3H3. The van der Waals surface area contributed by atoms with Gasteiger partial charge in [0.1, 0.15) is 0 Å². The van der Waals surface area contributed by atoms with E-state index in [0.29, 0.717) is 11.1 Å². The lowest BCUT2D eigenvalue weighted by molar-refractivity contribution is 0.414. The predicted molar refractivity (Wildman–Crippen MR) is 79.4 cm³/mol. The molecule has 0 N–H and O–H groups in total. The molecule has 0 fully saturated rings. The van der Waals surface area contributed by atoms with Gasteiger partial charge in [0.05, 0.1) is 17.4 Å². The van der Waals surface area contributed by atoms with Crippen LogP contribution in [0.1, 0.15) is 18.1 Å². The molecule has 0 saturated carbocycles. The zero-order chi connectivity index (χ0) is 14.5. The molecular formula is C13H18N2O2S2. The third kappa shape index (κ3) is 4.23. The zero-order valence-electron chi connectivity index (χ0n) is 11.3. The maximum Gasteiger partial charge on any atom is 0.218 e. The molecule has 0 amide bonds. The van der Waals surface area contributed by atoms with Crippen molar-refractivity contribution < 1.29 is 8.42 Å². The van der Waals surface area contributed by atoms with Crippen molar-refractivity contribution in [2.24, 2.45) is 0 Å². The van der Waals surface area contributed by atoms with Crippen molar-refractivity contribution in [2.75, 3.05) is 19.1 Å². The van der Waals surface area contributed by atoms with Crippen LogP contribution in [0.3, 0.4) is 0 Å². The Hall–Kier alpha value is -1.03. The highest BCUT2D eigenvalue weighted by atomic mass is 32.2. The summed E-state index contributed by atoms with van der Waals surface area (Å²) in [5, 5.41) is 8.99. The maximum absolute atomic E-state index is 12.3. The average molecular weight is 298 g/mol. The predicted octanol–water partition coefficient (Wildman–Crippen LogP) is 2.07. The van der Waals surface area contributed by atoms with Crippen molar-refractivity contribution in [3.8, 4) is 6.07 Å². The van der Waals surface area contributed by atoms with Crippen LogP contribution in [0.2, 0.25) is 0 Å². The molecule has 0 heterocycles. The van der Waals surface area contributed by atoms with Gasteiger partial charge in [-0.2, -0.15) is 17.0 Å². The van der Waals surface area contributed by atoms with Gasteiger partial charge in [-0.05, 0) is 24.8 Å². The van der Waals surface area contributed by atoms with Crippen molar-refractivity contribution >= 4 is 21.8 Å². The lowest BCUT2D eigenvalue weighted by Gasteiger charge is -2.23. The Morgan fingerprint density at radius 2 is 2.05 bits per heavy atom. The van der Waals surface area contributed by atoms with Crippen molar-refractivity contribution in [1.82, 2.24) is 4.31 Å². The molecule has 0 aliphatic heterocycles. The quantitative estimate of drug-likeness (QED) is 0.806. The summed E-state index contributed by atoms with van der Waals surface area (Å²) in [6.45, 7) is 1.88. The highest BCUT2D eigenvalue weighted by Gasteiger charge is 2.24. The molecule has 19 heavy (non-hydrogen) atoms. The monoisotopic (exact) mass is 298 g/mol. The van der Waals surface area contributed by atoms with E-state index in [1.54, 1.807) is 43.1 Å². The van der Waals surface area contributed by atoms with Crippen molar-refractivity contribution in [1.29, 1.82) is 5.26 Å². The molecule has 1 unspecified atom stereocenters. The van der Waals surface area contributed by atoms with Gasteiger partial charge in [0.15, 0.2) is 0 Å². The number of nitrogens with zero attached hydrogens (tertiary/aromatic N) is 2. The van der Waals surface area contributed by atoms with Crippen LogP contribution in [0.4, 0.5) is 0 Å². The van der Waals surface area contributed by atoms with Gasteiger partial charge in [0.2, 0.25) is 10.0 Å². The number of rotatable bonds is 6. The van der Waals surface area contributed by atoms with Crippen LogP contribution in [-0.4, -0.2) is 37.8 Å². The lowest BCUT2D eigenvalue weighted by atomic mass is 10.1. The molecular weight excluding hydrogens is 280 g/mol. The minimum Gasteiger partial charge on any atom is -0.212 e. The highest BCUT2D eigenvalue weighted by molar-refractivity contribution is 7.98. The molecule has 104 valence electrons. The fraction of sp³-hybridized carbons (Fsp3) is 0.462. The second-order valence-electron chi connectivity index (χ2n) is 4.35. The number of thioether (sulfide) groups is 1. The van der Waals surface area contributed by atoms with Crippen LogP contribution < -0.4 is 0 Å². The summed E-state index contributed by atoms with van der Waals surface area (Å²) in [7, 11) is -1.81. The number of hydrogen-bond donors (Lipinski definition) is 0. The van der Waals surface area contributed by atoms with Gasteiger partial charge in [0.25, 0.3) is 0 Å². The van der Waals surface area contributed by atoms with Crippen LogP contribution >= 0.6 is 11.8 Å². The van der Waals surface area contributed by atoms with E-state index in [1.807, 2.05) is 19.2 Å². The molecule has 1 atom stereocenters. The minimum atomic E-state index is -3.40. The SMILES string of the molecule is CSCC(C)N(C)S(=O)(=O)Cc1ccccc1C#N. The third-order valence-electron chi connectivity index (χ3n) is 2.94. The van der Waals surface area contributed by atoms with E-state index < -0.39 is 10.0 Å². The second-order valence-corrected chi connectivity index (χ2v) is 7.28. The molecule has 1 rings (SSSR count). The van der Waals surface area contributed by atoms with Gasteiger partial charge in [-0.1, -0.05) is 18.2 Å². The van der Waals surface area contributed by atoms with Crippen LogP contribution in [-0.2, 0) is 15.8 Å². The number of benzene rings is 1. The van der Waals surface area contributed by atoms with Crippen LogP contribution in [0.15, 0.2) is 24.3 Å². The first kappa shape index (κ1) is 16.0. The Morgan fingerprint density at radius 3 is 2.63 bits per heavy atom. The summed E-state index contributed by atoms with van der Waals surface area (Å²) in [6.07, 6.45) is 1.95. The van der Waals surface area contributed by atoms with Crippen molar-refractivity contribution in [3.63, 3.8) is 0 Å². The summed E-state index contributed by atoms with van der Waals surface area (Å²) < 4.78 is 26.0. The van der Waals surface area contributed by atoms with Gasteiger partial charge >= 0.3 is 0 Å². The number of hydrogen-bond acceptors (Lipinski definition) is 4. The first-order valence-electron chi connectivity index (χ1n) is 5.85. The van der Waals surface area contributed by atoms with Crippen LogP contribution in [0.5, 0.6) is 0 Å². The molecule has 0 aliphatic rings. The molecule has 0 aromatic heterocycles. The highest BCUT2D eigenvalue weighted by Crippen LogP contribution is 2.16. The molecule has 0 saturated heterocycles. The van der Waals surface area contributed by atoms with E-state index in [1.165, 1.54) is 4.31 Å². The van der Waals surface area contributed by atoms with Gasteiger partial charge < -0.3 is 0 Å². The largest absolute Gasteiger partial charge is 0.218 e. The Kier molecular flexibility index (Phi) is 5.85. The molecule has 1 aromatic rings. The molecule has 1 aromatic carbocycles. The summed E-state index contributed by atoms with van der Waals surface area (Å²) in [5.74, 6) is 0.613. The molecule has 4 nitrogen and oxygen atoms in total. The zero-order valence-corrected chi connectivity index (χ0v) is 13.0. The lowest BCUT2D eigenvalue weighted by Crippen LogP contribution is -2.37. The van der Waals surface area contributed by atoms with Gasteiger partial charge in [-0.25, -0.2) is 12.7 Å². The third-order valence-corrected chi connectivity index (χ3v) is 5.67. The average Bonchev–Trinajstić information content (AvgIpc) is 2.38. The second kappa shape index (κ2) is 6.94. The summed E-state index contributed by atoms with van der Waals surface area (Å²) in [4.78, 5) is 0. The smallest absolute Gasteiger partial charge is 0.212 e. The molecule has 6 heteroatoms. The summed E-state index contributed by atoms with van der Waals surface area (Å²) in [6, 6.07) is 8.76. The molecule has 0 spiro atoms. The Labute approximate surface area is 119 Å². The van der Waals surface area contributed by atoms with Gasteiger partial charge in [0, 0.05) is 18.8 Å². The molecule has 0 bridgehead atoms. The van der Waals surface area contributed by atoms with Crippen LogP contribution in [0.25, 0.3) is 0 Å². The Balaban J connectivity index is 2.94. The van der Waals surface area contributed by atoms with Gasteiger partial charge in [-0.15, -0.1) is 0 Å². The number of sulfonamides is 1. The topological polar surface area (TPSA) is 61.2 Å². The Morgan fingerprint density at radius 1 is 1.42 bits per heavy atom. The van der Waals surface area contributed by atoms with E-state index in [9.17, 15) is 8.42 Å². The van der Waals surface area contributed by atoms with Crippen LogP contribution in [0, 0.1) is 11.3 Å². The summed E-state index contributed by atoms with van der Waals surface area (Å²) in [5.41, 5.74) is 0.963. The van der Waals surface area contributed by atoms with Crippen molar-refractivity contribution in [3.05, 3.63) is 35.4 Å². The van der Waals surface area contributed by atoms with E-state index >= 15 is 0 Å². The Bertz CT molecular complexity index is 564. The van der Waals surface area contributed by atoms with E-state index in [4.69, 9.17) is 5.26 Å². The maximum atomic E-state index is 12.3. The number of nitriles is 1. The molecule has 0 radical (unpaired) electrons. The van der Waals surface area contributed by atoms with E-state index in [2.05, 4.69) is 0 Å². The first-order chi connectivity index (χ1) is 8.92. The fourth-order valence-electron chi connectivity index (χ4n) is 1.67. The van der Waals surface area contributed by atoms with E-state index in [-0.39, 0.29) is 11.8 Å². The molecule has 0 aliphatic carbocycles. The normalized spacial score (nSPS) is 13.2. The first-order valence-corrected chi connectivity index (χ1v) is 8.85.